The molecular weight excluding hydrogens is 651 g/mol. The normalized spacial score (nSPS) is 12.2. The molecule has 0 bridgehead atoms. The summed E-state index contributed by atoms with van der Waals surface area (Å²) in [6.07, 6.45) is 1.88. The molecular formula is C48H27N3S. The quantitative estimate of drug-likeness (QED) is 0.171. The van der Waals surface area contributed by atoms with Crippen molar-refractivity contribution in [3.63, 3.8) is 0 Å². The molecule has 3 nitrogen and oxygen atoms in total. The lowest BCUT2D eigenvalue weighted by atomic mass is 9.95. The molecule has 52 heavy (non-hydrogen) atoms. The Bertz CT molecular complexity index is 3460. The van der Waals surface area contributed by atoms with Gasteiger partial charge in [-0.05, 0) is 73.3 Å². The van der Waals surface area contributed by atoms with E-state index in [0.29, 0.717) is 0 Å². The van der Waals surface area contributed by atoms with Gasteiger partial charge in [-0.2, -0.15) is 0 Å². The van der Waals surface area contributed by atoms with Crippen molar-refractivity contribution in [3.05, 3.63) is 164 Å². The molecule has 4 aromatic heterocycles. The van der Waals surface area contributed by atoms with Gasteiger partial charge in [0.25, 0.3) is 0 Å². The van der Waals surface area contributed by atoms with Gasteiger partial charge in [0.05, 0.1) is 26.9 Å². The van der Waals surface area contributed by atoms with Crippen molar-refractivity contribution < 1.29 is 0 Å². The van der Waals surface area contributed by atoms with E-state index in [2.05, 4.69) is 156 Å². The molecule has 0 unspecified atom stereocenters. The first kappa shape index (κ1) is 28.1. The molecule has 12 aromatic rings. The van der Waals surface area contributed by atoms with Crippen molar-refractivity contribution >= 4 is 102 Å². The summed E-state index contributed by atoms with van der Waals surface area (Å²) in [5.74, 6) is 0. The van der Waals surface area contributed by atoms with E-state index in [-0.39, 0.29) is 0 Å². The molecule has 0 aliphatic rings. The number of aromatic nitrogens is 3. The summed E-state index contributed by atoms with van der Waals surface area (Å²) in [7, 11) is 0. The highest BCUT2D eigenvalue weighted by Crippen LogP contribution is 2.44. The lowest BCUT2D eigenvalue weighted by Gasteiger charge is -2.12. The van der Waals surface area contributed by atoms with Gasteiger partial charge in [0, 0.05) is 37.8 Å². The first-order valence-corrected chi connectivity index (χ1v) is 18.5. The lowest BCUT2D eigenvalue weighted by Crippen LogP contribution is -1.93. The third-order valence-corrected chi connectivity index (χ3v) is 12.2. The van der Waals surface area contributed by atoms with Crippen LogP contribution < -0.4 is 0 Å². The topological polar surface area (TPSA) is 30.2 Å². The van der Waals surface area contributed by atoms with Crippen molar-refractivity contribution in [2.45, 2.75) is 0 Å². The molecule has 4 heterocycles. The predicted octanol–water partition coefficient (Wildman–Crippen LogP) is 13.4. The number of benzene rings is 8. The number of hydrogen-bond donors (Lipinski definition) is 0. The van der Waals surface area contributed by atoms with Crippen molar-refractivity contribution in [1.82, 2.24) is 14.4 Å². The Hall–Kier alpha value is -6.62. The fourth-order valence-corrected chi connectivity index (χ4v) is 9.79. The monoisotopic (exact) mass is 677 g/mol. The van der Waals surface area contributed by atoms with Crippen LogP contribution in [0, 0.1) is 0 Å². The van der Waals surface area contributed by atoms with E-state index in [0.717, 1.165) is 38.8 Å². The maximum atomic E-state index is 5.53. The Morgan fingerprint density at radius 1 is 0.462 bits per heavy atom. The van der Waals surface area contributed by atoms with Crippen molar-refractivity contribution in [2.75, 3.05) is 0 Å². The Morgan fingerprint density at radius 3 is 2.06 bits per heavy atom. The van der Waals surface area contributed by atoms with E-state index in [1.54, 1.807) is 0 Å². The van der Waals surface area contributed by atoms with Gasteiger partial charge in [-0.15, -0.1) is 11.3 Å². The van der Waals surface area contributed by atoms with Crippen LogP contribution in [0.25, 0.3) is 113 Å². The lowest BCUT2D eigenvalue weighted by molar-refractivity contribution is 1.25. The maximum absolute atomic E-state index is 5.53. The van der Waals surface area contributed by atoms with Gasteiger partial charge in [0.15, 0.2) is 5.65 Å². The van der Waals surface area contributed by atoms with E-state index >= 15 is 0 Å². The number of nitrogens with zero attached hydrogens (tertiary/aromatic N) is 3. The van der Waals surface area contributed by atoms with Gasteiger partial charge in [-0.3, -0.25) is 9.38 Å². The number of fused-ring (bicyclic) bond motifs is 16. The van der Waals surface area contributed by atoms with Gasteiger partial charge in [-0.1, -0.05) is 133 Å². The second kappa shape index (κ2) is 10.5. The van der Waals surface area contributed by atoms with E-state index in [1.165, 1.54) is 74.4 Å². The third-order valence-electron chi connectivity index (χ3n) is 11.0. The minimum atomic E-state index is 1.01. The number of thiophene rings is 1. The minimum absolute atomic E-state index is 1.01. The molecule has 0 fully saturated rings. The summed E-state index contributed by atoms with van der Waals surface area (Å²) >= 11 is 1.85. The summed E-state index contributed by atoms with van der Waals surface area (Å²) in [4.78, 5) is 10.3. The van der Waals surface area contributed by atoms with Crippen molar-refractivity contribution in [1.29, 1.82) is 0 Å². The first-order valence-electron chi connectivity index (χ1n) is 17.7. The van der Waals surface area contributed by atoms with Crippen LogP contribution in [-0.2, 0) is 0 Å². The molecule has 12 rings (SSSR count). The molecule has 0 saturated carbocycles. The van der Waals surface area contributed by atoms with Crippen LogP contribution in [0.4, 0.5) is 0 Å². The van der Waals surface area contributed by atoms with Crippen LogP contribution in [-0.4, -0.2) is 14.4 Å². The molecule has 0 aliphatic heterocycles. The second-order valence-corrected chi connectivity index (χ2v) is 14.8. The van der Waals surface area contributed by atoms with Gasteiger partial charge in [0.2, 0.25) is 0 Å². The smallest absolute Gasteiger partial charge is 0.156 e. The van der Waals surface area contributed by atoms with E-state index in [1.807, 2.05) is 23.6 Å². The van der Waals surface area contributed by atoms with Gasteiger partial charge in [-0.25, -0.2) is 4.98 Å². The van der Waals surface area contributed by atoms with E-state index in [9.17, 15) is 0 Å². The zero-order valence-electron chi connectivity index (χ0n) is 27.8. The largest absolute Gasteiger partial charge is 0.291 e. The summed E-state index contributed by atoms with van der Waals surface area (Å²) in [5, 5.41) is 13.5. The maximum Gasteiger partial charge on any atom is 0.156 e. The van der Waals surface area contributed by atoms with Crippen LogP contribution in [0.5, 0.6) is 0 Å². The third kappa shape index (κ3) is 3.84. The summed E-state index contributed by atoms with van der Waals surface area (Å²) in [6.45, 7) is 0. The highest BCUT2D eigenvalue weighted by atomic mass is 32.1. The SMILES string of the molecule is c1ccc2c(c1)ccc1c2ccc2c1nc1c3sc4ccc5ccccc5c4c3cc(-c3ccc(-c4cccc5c4ccc4cccnc45)cc3)n21. The summed E-state index contributed by atoms with van der Waals surface area (Å²) < 4.78 is 4.90. The molecule has 0 N–H and O–H groups in total. The molecule has 240 valence electrons. The Labute approximate surface area is 301 Å². The predicted molar refractivity (Wildman–Crippen MR) is 222 cm³/mol. The number of pyridine rings is 2. The van der Waals surface area contributed by atoms with Gasteiger partial charge in [0.1, 0.15) is 0 Å². The summed E-state index contributed by atoms with van der Waals surface area (Å²) in [6, 6.07) is 57.5. The zero-order valence-corrected chi connectivity index (χ0v) is 28.7. The molecule has 0 amide bonds. The molecule has 0 atom stereocenters. The van der Waals surface area contributed by atoms with Gasteiger partial charge < -0.3 is 0 Å². The molecule has 0 radical (unpaired) electrons. The molecule has 0 aliphatic carbocycles. The Kier molecular flexibility index (Phi) is 5.65. The van der Waals surface area contributed by atoms with E-state index < -0.39 is 0 Å². The standard InChI is InChI=1S/C48H27N3S/c1-3-10-33-28(7-1)18-22-39-37(33)23-24-41-46(39)50-48-47-40(44-35-11-4-2-8-29(35)20-25-43(44)52-47)27-42(51(41)48)31-16-14-30(15-17-31)34-12-5-13-38-36(34)21-19-32-9-6-26-49-45(32)38/h1-27H. The molecule has 8 aromatic carbocycles. The average Bonchev–Trinajstić information content (AvgIpc) is 3.80. The minimum Gasteiger partial charge on any atom is -0.291 e. The fourth-order valence-electron chi connectivity index (χ4n) is 8.61. The van der Waals surface area contributed by atoms with Crippen LogP contribution >= 0.6 is 11.3 Å². The van der Waals surface area contributed by atoms with Crippen molar-refractivity contribution in [3.8, 4) is 22.4 Å². The highest BCUT2D eigenvalue weighted by Gasteiger charge is 2.20. The Balaban J connectivity index is 1.15. The molecule has 0 saturated heterocycles. The molecule has 4 heteroatoms. The van der Waals surface area contributed by atoms with Crippen molar-refractivity contribution in [2.24, 2.45) is 0 Å². The fraction of sp³-hybridized carbons (Fsp3) is 0. The summed E-state index contributed by atoms with van der Waals surface area (Å²) in [5.41, 5.74) is 8.88. The molecule has 0 spiro atoms. The van der Waals surface area contributed by atoms with Crippen LogP contribution in [0.2, 0.25) is 0 Å². The second-order valence-electron chi connectivity index (χ2n) is 13.7. The zero-order chi connectivity index (χ0) is 33.9. The van der Waals surface area contributed by atoms with Gasteiger partial charge >= 0.3 is 0 Å². The number of imidazole rings is 1. The van der Waals surface area contributed by atoms with Crippen LogP contribution in [0.1, 0.15) is 0 Å². The number of hydrogen-bond acceptors (Lipinski definition) is 3. The Morgan fingerprint density at radius 2 is 1.15 bits per heavy atom. The van der Waals surface area contributed by atoms with Crippen LogP contribution in [0.15, 0.2) is 164 Å². The van der Waals surface area contributed by atoms with E-state index in [4.69, 9.17) is 9.97 Å². The van der Waals surface area contributed by atoms with Crippen LogP contribution in [0.3, 0.4) is 0 Å². The highest BCUT2D eigenvalue weighted by molar-refractivity contribution is 7.26. The number of rotatable bonds is 2. The first-order chi connectivity index (χ1) is 25.8. The average molecular weight is 678 g/mol.